The van der Waals surface area contributed by atoms with E-state index in [9.17, 15) is 28.6 Å². The Morgan fingerprint density at radius 1 is 1.16 bits per heavy atom. The molecule has 1 saturated heterocycles. The van der Waals surface area contributed by atoms with Crippen molar-refractivity contribution in [3.05, 3.63) is 29.8 Å². The van der Waals surface area contributed by atoms with E-state index in [2.05, 4.69) is 19.5 Å². The van der Waals surface area contributed by atoms with Gasteiger partial charge in [-0.3, -0.25) is 14.1 Å². The van der Waals surface area contributed by atoms with Gasteiger partial charge in [0.25, 0.3) is 5.91 Å². The van der Waals surface area contributed by atoms with Gasteiger partial charge in [-0.15, -0.1) is 0 Å². The summed E-state index contributed by atoms with van der Waals surface area (Å²) in [6.07, 6.45) is 0.390. The van der Waals surface area contributed by atoms with E-state index in [1.165, 1.54) is 21.6 Å². The third-order valence-electron chi connectivity index (χ3n) is 5.94. The molecule has 0 aliphatic carbocycles. The molecular formula is C23H38B2N2O12P2S2. The minimum absolute atomic E-state index is 0.0983. The third kappa shape index (κ3) is 15.8. The fourth-order valence-corrected chi connectivity index (χ4v) is 7.52. The fraction of sp³-hybridized carbons (Fsp3) is 0.652. The molecule has 0 bridgehead atoms. The molecule has 1 aliphatic rings. The number of phosphoric ester groups is 1. The maximum atomic E-state index is 12.3. The van der Waals surface area contributed by atoms with Crippen LogP contribution in [0.4, 0.5) is 0 Å². The molecule has 2 rings (SSSR count). The first-order chi connectivity index (χ1) is 20.0. The monoisotopic (exact) mass is 682 g/mol. The Bertz CT molecular complexity index is 1150. The van der Waals surface area contributed by atoms with Crippen molar-refractivity contribution in [1.82, 2.24) is 10.6 Å². The van der Waals surface area contributed by atoms with Gasteiger partial charge >= 0.3 is 22.6 Å². The number of hydrogen-bond donors (Lipinski definition) is 6. The van der Waals surface area contributed by atoms with Crippen LogP contribution in [-0.2, 0) is 32.2 Å². The third-order valence-corrected chi connectivity index (χ3v) is 11.0. The van der Waals surface area contributed by atoms with Gasteiger partial charge in [0.1, 0.15) is 19.9 Å². The normalized spacial score (nSPS) is 20.4. The van der Waals surface area contributed by atoms with Crippen molar-refractivity contribution in [1.29, 1.82) is 0 Å². The zero-order chi connectivity index (χ0) is 32.3. The molecular weight excluding hydrogens is 644 g/mol. The Balaban J connectivity index is 1.60. The second kappa shape index (κ2) is 17.7. The molecule has 1 aliphatic heterocycles. The van der Waals surface area contributed by atoms with Crippen molar-refractivity contribution in [2.75, 3.05) is 25.6 Å². The Labute approximate surface area is 260 Å². The van der Waals surface area contributed by atoms with E-state index >= 15 is 0 Å². The van der Waals surface area contributed by atoms with Crippen LogP contribution in [0, 0.1) is 0 Å². The van der Waals surface area contributed by atoms with Crippen LogP contribution in [0.3, 0.4) is 0 Å². The fourth-order valence-electron chi connectivity index (χ4n) is 3.75. The summed E-state index contributed by atoms with van der Waals surface area (Å²) >= 11 is 0. The van der Waals surface area contributed by atoms with Crippen LogP contribution in [0.15, 0.2) is 24.3 Å². The summed E-state index contributed by atoms with van der Waals surface area (Å²) in [6.45, 7) is 5.28. The molecule has 1 fully saturated rings. The molecule has 4 atom stereocenters. The second-order valence-corrected chi connectivity index (χ2v) is 16.1. The number of amides is 2. The molecule has 0 aromatic heterocycles. The van der Waals surface area contributed by atoms with E-state index in [0.29, 0.717) is 37.9 Å². The zero-order valence-electron chi connectivity index (χ0n) is 24.1. The smallest absolute Gasteiger partial charge is 0.447 e. The Morgan fingerprint density at radius 3 is 2.47 bits per heavy atom. The van der Waals surface area contributed by atoms with E-state index in [-0.39, 0.29) is 28.9 Å². The quantitative estimate of drug-likeness (QED) is 0.0402. The summed E-state index contributed by atoms with van der Waals surface area (Å²) in [4.78, 5) is 51.3. The van der Waals surface area contributed by atoms with Gasteiger partial charge in [-0.1, -0.05) is 40.5 Å². The van der Waals surface area contributed by atoms with Crippen LogP contribution in [-0.4, -0.2) is 94.9 Å². The van der Waals surface area contributed by atoms with Crippen molar-refractivity contribution in [2.24, 2.45) is 0 Å². The van der Waals surface area contributed by atoms with Gasteiger partial charge in [0.2, 0.25) is 5.91 Å². The highest BCUT2D eigenvalue weighted by atomic mass is 33.1. The van der Waals surface area contributed by atoms with Crippen molar-refractivity contribution in [2.45, 2.75) is 69.3 Å². The van der Waals surface area contributed by atoms with Crippen molar-refractivity contribution < 1.29 is 56.7 Å². The van der Waals surface area contributed by atoms with Gasteiger partial charge in [0.15, 0.2) is 0 Å². The zero-order valence-corrected chi connectivity index (χ0v) is 27.5. The Hall–Kier alpha value is -0.870. The highest BCUT2D eigenvalue weighted by Crippen LogP contribution is 2.57. The van der Waals surface area contributed by atoms with Gasteiger partial charge in [-0.25, -0.2) is 9.13 Å². The average molecular weight is 682 g/mol. The van der Waals surface area contributed by atoms with Gasteiger partial charge in [-0.2, -0.15) is 4.31 Å². The van der Waals surface area contributed by atoms with Gasteiger partial charge in [0, 0.05) is 35.8 Å². The van der Waals surface area contributed by atoms with Gasteiger partial charge in [-0.05, 0) is 50.7 Å². The van der Waals surface area contributed by atoms with E-state index in [1.54, 1.807) is 31.1 Å². The largest absolute Gasteiger partial charge is 0.481 e. The molecule has 43 heavy (non-hydrogen) atoms. The van der Waals surface area contributed by atoms with Crippen molar-refractivity contribution in [3.8, 4) is 0 Å². The van der Waals surface area contributed by atoms with E-state index in [1.807, 2.05) is 13.8 Å². The summed E-state index contributed by atoms with van der Waals surface area (Å²) < 4.78 is 41.7. The number of nitrogens with one attached hydrogen (secondary N) is 2. The maximum absolute atomic E-state index is 12.3. The summed E-state index contributed by atoms with van der Waals surface area (Å²) in [6, 6.07) is 6.02. The number of carbonyl (C=O) groups is 2. The molecule has 240 valence electrons. The number of benzene rings is 1. The number of ether oxygens (including phenoxy) is 2. The number of phosphoric acid groups is 2. The van der Waals surface area contributed by atoms with Crippen molar-refractivity contribution >= 4 is 69.3 Å². The highest BCUT2D eigenvalue weighted by molar-refractivity contribution is 8.77. The van der Waals surface area contributed by atoms with Gasteiger partial charge < -0.3 is 39.8 Å². The molecule has 2 unspecified atom stereocenters. The summed E-state index contributed by atoms with van der Waals surface area (Å²) in [7, 11) is -1.61. The lowest BCUT2D eigenvalue weighted by atomic mass is 9.64. The van der Waals surface area contributed by atoms with E-state index in [0.717, 1.165) is 5.46 Å². The van der Waals surface area contributed by atoms with Crippen molar-refractivity contribution in [3.63, 3.8) is 0 Å². The summed E-state index contributed by atoms with van der Waals surface area (Å²) in [5.41, 5.74) is 1.24. The molecule has 2 radical (unpaired) electrons. The minimum atomic E-state index is -5.24. The van der Waals surface area contributed by atoms with Crippen LogP contribution >= 0.6 is 37.2 Å². The lowest BCUT2D eigenvalue weighted by Gasteiger charge is -2.24. The first-order valence-corrected chi connectivity index (χ1v) is 18.7. The number of unbranched alkanes of at least 4 members (excludes halogenated alkanes) is 1. The van der Waals surface area contributed by atoms with Gasteiger partial charge in [0.05, 0.1) is 12.7 Å². The average Bonchev–Trinajstić information content (AvgIpc) is 3.26. The topological polar surface area (TPSA) is 210 Å². The number of carbonyl (C=O) groups excluding carboxylic acids is 2. The second-order valence-electron chi connectivity index (χ2n) is 10.4. The van der Waals surface area contributed by atoms with E-state index < -0.39 is 47.4 Å². The standard InChI is InChI=1S/C23H38B2N2O12P2S2/c1-23(2,14-27-21(28)6-4-5-11-26-22(29)16-7-9-17(10-8-16)25(3)30)43-42-15-36-18-12-20(24)38-19(18)13-37-41(34,35)39-40(31,32)33/h7-10,18-20,30H,4-6,11-15H2,1-3H3,(H,26,29)(H,27,28)(H,34,35)(H2,31,32,33)/t18?,19-,20-/m1/s1. The molecule has 20 heteroatoms. The molecule has 0 saturated carbocycles. The molecule has 14 nitrogen and oxygen atoms in total. The molecule has 1 heterocycles. The van der Waals surface area contributed by atoms with Crippen LogP contribution in [0.25, 0.3) is 0 Å². The molecule has 1 aromatic carbocycles. The lowest BCUT2D eigenvalue weighted by molar-refractivity contribution is -0.121. The molecule has 2 amide bonds. The van der Waals surface area contributed by atoms with Crippen LogP contribution in [0.2, 0.25) is 6.82 Å². The van der Waals surface area contributed by atoms with E-state index in [4.69, 9.17) is 27.1 Å². The Kier molecular flexibility index (Phi) is 15.8. The molecule has 0 spiro atoms. The first kappa shape index (κ1) is 38.3. The number of rotatable bonds is 19. The van der Waals surface area contributed by atoms with Crippen LogP contribution < -0.4 is 16.1 Å². The van der Waals surface area contributed by atoms with Crippen LogP contribution in [0.5, 0.6) is 0 Å². The highest BCUT2D eigenvalue weighted by Gasteiger charge is 2.38. The molecule has 1 aromatic rings. The first-order valence-electron chi connectivity index (χ1n) is 13.4. The van der Waals surface area contributed by atoms with Crippen LogP contribution in [0.1, 0.15) is 49.9 Å². The lowest BCUT2D eigenvalue weighted by Crippen LogP contribution is -2.36. The maximum Gasteiger partial charge on any atom is 0.481 e. The SMILES string of the molecule is [B][C@H]1CC(OCSSC(C)(C)CNC(=O)CCCCNC(=O)c2ccc(B(C)O)cc2)[C@@H](COP(=O)(O)OP(=O)(O)O)O1. The summed E-state index contributed by atoms with van der Waals surface area (Å²) in [5.74, 6) is -0.109. The predicted molar refractivity (Wildman–Crippen MR) is 166 cm³/mol. The Morgan fingerprint density at radius 2 is 1.84 bits per heavy atom. The minimum Gasteiger partial charge on any atom is -0.447 e. The summed E-state index contributed by atoms with van der Waals surface area (Å²) in [5, 5.41) is 15.3. The number of hydrogen-bond acceptors (Lipinski definition) is 11. The molecule has 6 N–H and O–H groups in total. The predicted octanol–water partition coefficient (Wildman–Crippen LogP) is 1.54.